The maximum Gasteiger partial charge on any atom is 0.178 e. The number of nitrogens with two attached hydrogens (primary N) is 1. The van der Waals surface area contributed by atoms with Crippen molar-refractivity contribution in [3.05, 3.63) is 41.3 Å². The average molecular weight is 254 g/mol. The molecule has 19 heavy (non-hydrogen) atoms. The van der Waals surface area contributed by atoms with E-state index in [4.69, 9.17) is 5.73 Å². The van der Waals surface area contributed by atoms with Crippen molar-refractivity contribution >= 4 is 0 Å². The minimum atomic E-state index is 0.0900. The second kappa shape index (κ2) is 5.05. The van der Waals surface area contributed by atoms with E-state index in [1.54, 1.807) is 6.20 Å². The molecule has 2 aromatic rings. The first kappa shape index (κ1) is 12.2. The molecule has 0 bridgehead atoms. The van der Waals surface area contributed by atoms with Gasteiger partial charge in [0.15, 0.2) is 5.82 Å². The van der Waals surface area contributed by atoms with Crippen LogP contribution in [-0.4, -0.2) is 15.0 Å². The predicted octanol–water partition coefficient (Wildman–Crippen LogP) is 2.44. The van der Waals surface area contributed by atoms with E-state index in [2.05, 4.69) is 27.9 Å². The Morgan fingerprint density at radius 3 is 3.11 bits per heavy atom. The molecule has 0 radical (unpaired) electrons. The van der Waals surface area contributed by atoms with Crippen LogP contribution in [0.4, 0.5) is 0 Å². The standard InChI is InChI=1S/C15H18N4/c1-2-10-5-4-8-17-14(10)15-18-9-11-12(16)6-3-7-13(11)19-15/h4-5,8-9,12H,2-3,6-7,16H2,1H3. The molecule has 4 heteroatoms. The number of rotatable bonds is 2. The number of aromatic nitrogens is 3. The van der Waals surface area contributed by atoms with E-state index in [-0.39, 0.29) is 6.04 Å². The number of nitrogens with zero attached hydrogens (tertiary/aromatic N) is 3. The molecule has 1 aliphatic rings. The Morgan fingerprint density at radius 1 is 1.37 bits per heavy atom. The maximum atomic E-state index is 6.10. The van der Waals surface area contributed by atoms with Gasteiger partial charge in [0.2, 0.25) is 0 Å². The second-order valence-electron chi connectivity index (χ2n) is 4.96. The highest BCUT2D eigenvalue weighted by atomic mass is 14.9. The lowest BCUT2D eigenvalue weighted by Gasteiger charge is -2.21. The third-order valence-electron chi connectivity index (χ3n) is 3.71. The van der Waals surface area contributed by atoms with Gasteiger partial charge >= 0.3 is 0 Å². The summed E-state index contributed by atoms with van der Waals surface area (Å²) in [5, 5.41) is 0. The molecule has 1 atom stereocenters. The molecule has 0 saturated heterocycles. The minimum absolute atomic E-state index is 0.0900. The van der Waals surface area contributed by atoms with Crippen LogP contribution >= 0.6 is 0 Å². The summed E-state index contributed by atoms with van der Waals surface area (Å²) in [5.41, 5.74) is 10.4. The highest BCUT2D eigenvalue weighted by Crippen LogP contribution is 2.28. The Hall–Kier alpha value is -1.81. The van der Waals surface area contributed by atoms with Gasteiger partial charge in [-0.3, -0.25) is 4.98 Å². The fourth-order valence-corrected chi connectivity index (χ4v) is 2.62. The fraction of sp³-hybridized carbons (Fsp3) is 0.400. The third-order valence-corrected chi connectivity index (χ3v) is 3.71. The summed E-state index contributed by atoms with van der Waals surface area (Å²) in [5.74, 6) is 0.727. The molecule has 0 spiro atoms. The van der Waals surface area contributed by atoms with Crippen molar-refractivity contribution in [2.75, 3.05) is 0 Å². The van der Waals surface area contributed by atoms with Gasteiger partial charge in [0.25, 0.3) is 0 Å². The van der Waals surface area contributed by atoms with Crippen molar-refractivity contribution in [2.45, 2.75) is 38.6 Å². The normalized spacial score (nSPS) is 18.1. The molecule has 2 aromatic heterocycles. The van der Waals surface area contributed by atoms with E-state index in [1.165, 1.54) is 5.56 Å². The van der Waals surface area contributed by atoms with Crippen LogP contribution in [0.2, 0.25) is 0 Å². The summed E-state index contributed by atoms with van der Waals surface area (Å²) in [4.78, 5) is 13.6. The van der Waals surface area contributed by atoms with Crippen LogP contribution in [0.3, 0.4) is 0 Å². The van der Waals surface area contributed by atoms with Gasteiger partial charge in [-0.05, 0) is 37.3 Å². The molecule has 0 aromatic carbocycles. The lowest BCUT2D eigenvalue weighted by molar-refractivity contribution is 0.557. The Morgan fingerprint density at radius 2 is 2.26 bits per heavy atom. The lowest BCUT2D eigenvalue weighted by atomic mass is 9.93. The molecule has 1 aliphatic carbocycles. The second-order valence-corrected chi connectivity index (χ2v) is 4.96. The number of hydrogen-bond acceptors (Lipinski definition) is 4. The molecule has 2 N–H and O–H groups in total. The molecule has 4 nitrogen and oxygen atoms in total. The fourth-order valence-electron chi connectivity index (χ4n) is 2.62. The Balaban J connectivity index is 2.07. The smallest absolute Gasteiger partial charge is 0.178 e. The zero-order valence-electron chi connectivity index (χ0n) is 11.1. The number of pyridine rings is 1. The van der Waals surface area contributed by atoms with Crippen LogP contribution in [0.5, 0.6) is 0 Å². The molecule has 0 aliphatic heterocycles. The van der Waals surface area contributed by atoms with E-state index < -0.39 is 0 Å². The van der Waals surface area contributed by atoms with Crippen LogP contribution in [0.1, 0.15) is 42.6 Å². The van der Waals surface area contributed by atoms with E-state index >= 15 is 0 Å². The zero-order chi connectivity index (χ0) is 13.2. The lowest BCUT2D eigenvalue weighted by Crippen LogP contribution is -2.19. The van der Waals surface area contributed by atoms with E-state index in [1.807, 2.05) is 12.3 Å². The summed E-state index contributed by atoms with van der Waals surface area (Å²) in [6.07, 6.45) is 7.74. The molecule has 1 unspecified atom stereocenters. The Bertz CT molecular complexity index is 594. The maximum absolute atomic E-state index is 6.10. The number of fused-ring (bicyclic) bond motifs is 1. The number of hydrogen-bond donors (Lipinski definition) is 1. The van der Waals surface area contributed by atoms with Crippen molar-refractivity contribution in [3.8, 4) is 11.5 Å². The van der Waals surface area contributed by atoms with Gasteiger partial charge in [0.1, 0.15) is 5.69 Å². The average Bonchev–Trinajstić information content (AvgIpc) is 2.47. The van der Waals surface area contributed by atoms with Crippen molar-refractivity contribution in [3.63, 3.8) is 0 Å². The highest BCUT2D eigenvalue weighted by Gasteiger charge is 2.20. The van der Waals surface area contributed by atoms with Gasteiger partial charge in [-0.1, -0.05) is 13.0 Å². The van der Waals surface area contributed by atoms with Gasteiger partial charge in [-0.15, -0.1) is 0 Å². The predicted molar refractivity (Wildman–Crippen MR) is 74.5 cm³/mol. The summed E-state index contributed by atoms with van der Waals surface area (Å²) in [6, 6.07) is 4.13. The molecular weight excluding hydrogens is 236 g/mol. The van der Waals surface area contributed by atoms with Crippen molar-refractivity contribution in [2.24, 2.45) is 5.73 Å². The Labute approximate surface area is 113 Å². The SMILES string of the molecule is CCc1cccnc1-c1ncc2c(n1)CCCC2N. The van der Waals surface area contributed by atoms with E-state index in [9.17, 15) is 0 Å². The first-order chi connectivity index (χ1) is 9.29. The van der Waals surface area contributed by atoms with Crippen LogP contribution < -0.4 is 5.73 Å². The van der Waals surface area contributed by atoms with Crippen molar-refractivity contribution in [1.82, 2.24) is 15.0 Å². The molecule has 3 rings (SSSR count). The Kier molecular flexibility index (Phi) is 3.25. The molecular formula is C15H18N4. The first-order valence-corrected chi connectivity index (χ1v) is 6.85. The first-order valence-electron chi connectivity index (χ1n) is 6.85. The molecule has 2 heterocycles. The monoisotopic (exact) mass is 254 g/mol. The van der Waals surface area contributed by atoms with Gasteiger partial charge in [0.05, 0.1) is 0 Å². The van der Waals surface area contributed by atoms with Gasteiger partial charge in [0, 0.05) is 29.7 Å². The molecule has 0 amide bonds. The third kappa shape index (κ3) is 2.24. The zero-order valence-corrected chi connectivity index (χ0v) is 11.1. The van der Waals surface area contributed by atoms with Crippen LogP contribution in [0, 0.1) is 0 Å². The number of aryl methyl sites for hydroxylation is 2. The quantitative estimate of drug-likeness (QED) is 0.894. The topological polar surface area (TPSA) is 64.7 Å². The van der Waals surface area contributed by atoms with Crippen molar-refractivity contribution in [1.29, 1.82) is 0 Å². The van der Waals surface area contributed by atoms with Gasteiger partial charge < -0.3 is 5.73 Å². The largest absolute Gasteiger partial charge is 0.324 e. The summed E-state index contributed by atoms with van der Waals surface area (Å²) < 4.78 is 0. The van der Waals surface area contributed by atoms with Crippen LogP contribution in [0.15, 0.2) is 24.5 Å². The highest BCUT2D eigenvalue weighted by molar-refractivity contribution is 5.55. The van der Waals surface area contributed by atoms with E-state index in [0.29, 0.717) is 0 Å². The van der Waals surface area contributed by atoms with Gasteiger partial charge in [-0.2, -0.15) is 0 Å². The van der Waals surface area contributed by atoms with E-state index in [0.717, 1.165) is 48.5 Å². The van der Waals surface area contributed by atoms with Crippen molar-refractivity contribution < 1.29 is 0 Å². The summed E-state index contributed by atoms with van der Waals surface area (Å²) in [7, 11) is 0. The molecule has 0 saturated carbocycles. The summed E-state index contributed by atoms with van der Waals surface area (Å²) >= 11 is 0. The van der Waals surface area contributed by atoms with Crippen LogP contribution in [-0.2, 0) is 12.8 Å². The molecule has 0 fully saturated rings. The van der Waals surface area contributed by atoms with Gasteiger partial charge in [-0.25, -0.2) is 9.97 Å². The minimum Gasteiger partial charge on any atom is -0.324 e. The van der Waals surface area contributed by atoms with Crippen LogP contribution in [0.25, 0.3) is 11.5 Å². The summed E-state index contributed by atoms with van der Waals surface area (Å²) in [6.45, 7) is 2.12. The molecule has 98 valence electrons.